The van der Waals surface area contributed by atoms with E-state index in [4.69, 9.17) is 0 Å². The van der Waals surface area contributed by atoms with E-state index in [0.29, 0.717) is 15.8 Å². The third-order valence-electron chi connectivity index (χ3n) is 3.63. The van der Waals surface area contributed by atoms with Gasteiger partial charge in [-0.05, 0) is 23.1 Å². The summed E-state index contributed by atoms with van der Waals surface area (Å²) >= 11 is 0. The number of rotatable bonds is 4. The van der Waals surface area contributed by atoms with Crippen LogP contribution in [0.4, 0.5) is 0 Å². The van der Waals surface area contributed by atoms with E-state index in [1.54, 1.807) is 30.3 Å². The molecular weight excluding hydrogens is 312 g/mol. The quantitative estimate of drug-likeness (QED) is 0.794. The van der Waals surface area contributed by atoms with Gasteiger partial charge >= 0.3 is 0 Å². The third-order valence-corrected chi connectivity index (χ3v) is 5.12. The summed E-state index contributed by atoms with van der Waals surface area (Å²) in [5.74, 6) is -1.36. The van der Waals surface area contributed by atoms with Gasteiger partial charge in [0.1, 0.15) is 0 Å². The molecule has 0 saturated carbocycles. The zero-order valence-corrected chi connectivity index (χ0v) is 12.9. The second-order valence-electron chi connectivity index (χ2n) is 4.98. The Bertz CT molecular complexity index is 913. The number of fused-ring (bicyclic) bond motifs is 1. The van der Waals surface area contributed by atoms with Gasteiger partial charge in [0.15, 0.2) is 0 Å². The van der Waals surface area contributed by atoms with Crippen LogP contribution in [0.25, 0.3) is 10.8 Å². The van der Waals surface area contributed by atoms with Gasteiger partial charge < -0.3 is 15.0 Å². The second-order valence-corrected chi connectivity index (χ2v) is 6.40. The van der Waals surface area contributed by atoms with Crippen molar-refractivity contribution in [2.24, 2.45) is 0 Å². The van der Waals surface area contributed by atoms with Crippen molar-refractivity contribution in [3.05, 3.63) is 71.8 Å². The van der Waals surface area contributed by atoms with Gasteiger partial charge in [-0.2, -0.15) is 0 Å². The molecule has 0 heterocycles. The van der Waals surface area contributed by atoms with E-state index in [1.165, 1.54) is 12.1 Å². The first-order valence-corrected chi connectivity index (χ1v) is 8.12. The lowest BCUT2D eigenvalue weighted by atomic mass is 10.1. The Hall–Kier alpha value is -2.50. The van der Waals surface area contributed by atoms with Crippen LogP contribution in [0.2, 0.25) is 0 Å². The van der Waals surface area contributed by atoms with Crippen molar-refractivity contribution >= 4 is 27.5 Å². The van der Waals surface area contributed by atoms with Gasteiger partial charge in [0.25, 0.3) is 0 Å². The Morgan fingerprint density at radius 3 is 2.30 bits per heavy atom. The molecule has 0 bridgehead atoms. The van der Waals surface area contributed by atoms with E-state index < -0.39 is 16.8 Å². The number of aromatic carboxylic acids is 1. The van der Waals surface area contributed by atoms with Crippen LogP contribution < -0.4 is 5.11 Å². The minimum atomic E-state index is -1.70. The van der Waals surface area contributed by atoms with Gasteiger partial charge in [-0.25, -0.2) is 4.21 Å². The van der Waals surface area contributed by atoms with E-state index in [-0.39, 0.29) is 17.1 Å². The SMILES string of the molecule is O=C([O-])c1ccccc1[S@](=O)c1cccc2cccc(CO)c12. The number of carboxylic acids is 1. The zero-order chi connectivity index (χ0) is 16.4. The molecule has 0 radical (unpaired) electrons. The van der Waals surface area contributed by atoms with Crippen LogP contribution >= 0.6 is 0 Å². The van der Waals surface area contributed by atoms with Crippen molar-refractivity contribution in [1.29, 1.82) is 0 Å². The van der Waals surface area contributed by atoms with Crippen molar-refractivity contribution in [2.75, 3.05) is 0 Å². The second kappa shape index (κ2) is 6.32. The molecule has 3 aromatic carbocycles. The average Bonchev–Trinajstić information content (AvgIpc) is 2.60. The molecule has 1 N–H and O–H groups in total. The molecule has 0 amide bonds. The van der Waals surface area contributed by atoms with E-state index in [1.807, 2.05) is 18.2 Å². The van der Waals surface area contributed by atoms with Gasteiger partial charge in [-0.15, -0.1) is 0 Å². The molecule has 3 aromatic rings. The molecule has 0 aromatic heterocycles. The highest BCUT2D eigenvalue weighted by Gasteiger charge is 2.16. The first kappa shape index (κ1) is 15.4. The van der Waals surface area contributed by atoms with E-state index in [9.17, 15) is 19.2 Å². The Morgan fingerprint density at radius 2 is 1.61 bits per heavy atom. The third kappa shape index (κ3) is 2.76. The fraction of sp³-hybridized carbons (Fsp3) is 0.0556. The molecule has 4 nitrogen and oxygen atoms in total. The Labute approximate surface area is 135 Å². The number of carbonyl (C=O) groups excluding carboxylic acids is 1. The standard InChI is InChI=1S/C18H14O4S/c19-11-13-7-3-5-12-6-4-10-16(17(12)13)23(22)15-9-2-1-8-14(15)18(20)21/h1-10,19H,11H2,(H,20,21)/p-1/t23-/m0/s1. The lowest BCUT2D eigenvalue weighted by Crippen LogP contribution is -2.24. The summed E-state index contributed by atoms with van der Waals surface area (Å²) in [6, 6.07) is 16.8. The predicted molar refractivity (Wildman–Crippen MR) is 85.3 cm³/mol. The molecule has 0 aliphatic heterocycles. The first-order chi connectivity index (χ1) is 11.1. The minimum absolute atomic E-state index is 0.0932. The van der Waals surface area contributed by atoms with Crippen LogP contribution in [-0.2, 0) is 17.4 Å². The molecule has 0 saturated heterocycles. The van der Waals surface area contributed by atoms with Crippen LogP contribution in [0, 0.1) is 0 Å². The molecule has 0 aliphatic rings. The number of aliphatic hydroxyl groups excluding tert-OH is 1. The molecule has 0 fully saturated rings. The number of benzene rings is 3. The summed E-state index contributed by atoms with van der Waals surface area (Å²) in [5, 5.41) is 22.3. The van der Waals surface area contributed by atoms with Gasteiger partial charge in [0.05, 0.1) is 33.2 Å². The molecule has 0 spiro atoms. The largest absolute Gasteiger partial charge is 0.545 e. The molecule has 23 heavy (non-hydrogen) atoms. The van der Waals surface area contributed by atoms with Crippen LogP contribution in [0.15, 0.2) is 70.5 Å². The lowest BCUT2D eigenvalue weighted by molar-refractivity contribution is -0.255. The highest BCUT2D eigenvalue weighted by molar-refractivity contribution is 7.85. The lowest BCUT2D eigenvalue weighted by Gasteiger charge is -2.13. The van der Waals surface area contributed by atoms with Gasteiger partial charge in [-0.3, -0.25) is 0 Å². The van der Waals surface area contributed by atoms with Crippen molar-refractivity contribution in [3.63, 3.8) is 0 Å². The summed E-state index contributed by atoms with van der Waals surface area (Å²) in [7, 11) is -1.70. The zero-order valence-electron chi connectivity index (χ0n) is 12.1. The number of aliphatic hydroxyl groups is 1. The van der Waals surface area contributed by atoms with Crippen LogP contribution in [0.5, 0.6) is 0 Å². The summed E-state index contributed by atoms with van der Waals surface area (Å²) in [5.41, 5.74) is 0.557. The summed E-state index contributed by atoms with van der Waals surface area (Å²) in [6.07, 6.45) is 0. The number of hydrogen-bond donors (Lipinski definition) is 1. The Balaban J connectivity index is 2.26. The van der Waals surface area contributed by atoms with Crippen molar-refractivity contribution in [1.82, 2.24) is 0 Å². The topological polar surface area (TPSA) is 77.4 Å². The highest BCUT2D eigenvalue weighted by atomic mass is 32.2. The minimum Gasteiger partial charge on any atom is -0.545 e. The molecule has 116 valence electrons. The highest BCUT2D eigenvalue weighted by Crippen LogP contribution is 2.29. The van der Waals surface area contributed by atoms with Gasteiger partial charge in [-0.1, -0.05) is 48.5 Å². The first-order valence-electron chi connectivity index (χ1n) is 6.97. The number of hydrogen-bond acceptors (Lipinski definition) is 4. The summed E-state index contributed by atoms with van der Waals surface area (Å²) < 4.78 is 13.0. The predicted octanol–water partition coefficient (Wildman–Crippen LogP) is 1.86. The molecule has 1 atom stereocenters. The fourth-order valence-electron chi connectivity index (χ4n) is 2.58. The molecule has 0 unspecified atom stereocenters. The Morgan fingerprint density at radius 1 is 0.957 bits per heavy atom. The molecule has 3 rings (SSSR count). The van der Waals surface area contributed by atoms with Crippen LogP contribution in [-0.4, -0.2) is 15.3 Å². The van der Waals surface area contributed by atoms with Gasteiger partial charge in [0, 0.05) is 10.9 Å². The molecule has 5 heteroatoms. The monoisotopic (exact) mass is 325 g/mol. The van der Waals surface area contributed by atoms with Crippen LogP contribution in [0.3, 0.4) is 0 Å². The van der Waals surface area contributed by atoms with Crippen LogP contribution in [0.1, 0.15) is 15.9 Å². The van der Waals surface area contributed by atoms with Crippen molar-refractivity contribution in [2.45, 2.75) is 16.4 Å². The van der Waals surface area contributed by atoms with Gasteiger partial charge in [0.2, 0.25) is 0 Å². The van der Waals surface area contributed by atoms with Crippen molar-refractivity contribution in [3.8, 4) is 0 Å². The smallest absolute Gasteiger partial charge is 0.0862 e. The average molecular weight is 325 g/mol. The fourth-order valence-corrected chi connectivity index (χ4v) is 4.01. The maximum Gasteiger partial charge on any atom is 0.0862 e. The summed E-state index contributed by atoms with van der Waals surface area (Å²) in [6.45, 7) is -0.187. The Kier molecular flexibility index (Phi) is 4.23. The maximum atomic E-state index is 13.0. The maximum absolute atomic E-state index is 13.0. The van der Waals surface area contributed by atoms with Crippen molar-refractivity contribution < 1.29 is 19.2 Å². The normalized spacial score (nSPS) is 12.2. The number of carboxylic acid groups (broad SMARTS) is 1. The molecular formula is C18H13O4S-. The van der Waals surface area contributed by atoms with E-state index >= 15 is 0 Å². The number of carbonyl (C=O) groups is 1. The van der Waals surface area contributed by atoms with E-state index in [2.05, 4.69) is 0 Å². The summed E-state index contributed by atoms with van der Waals surface area (Å²) in [4.78, 5) is 11.9. The molecule has 0 aliphatic carbocycles. The van der Waals surface area contributed by atoms with E-state index in [0.717, 1.165) is 5.39 Å².